The Morgan fingerprint density at radius 2 is 1.47 bits per heavy atom. The van der Waals surface area contributed by atoms with Gasteiger partial charge in [-0.2, -0.15) is 0 Å². The van der Waals surface area contributed by atoms with Gasteiger partial charge in [0.2, 0.25) is 0 Å². The summed E-state index contributed by atoms with van der Waals surface area (Å²) in [5.74, 6) is 0. The van der Waals surface area contributed by atoms with Crippen LogP contribution in [-0.4, -0.2) is 20.3 Å². The molecular formula is C12H27BrOSi. The molecule has 0 rings (SSSR count). The van der Waals surface area contributed by atoms with Crippen molar-refractivity contribution >= 4 is 24.2 Å². The summed E-state index contributed by atoms with van der Waals surface area (Å²) in [5, 5.41) is 1.16. The number of hydrogen-bond acceptors (Lipinski definition) is 1. The second-order valence-corrected chi connectivity index (χ2v) is 9.85. The van der Waals surface area contributed by atoms with Gasteiger partial charge in [0.25, 0.3) is 0 Å². The van der Waals surface area contributed by atoms with Crippen molar-refractivity contribution in [1.82, 2.24) is 0 Å². The van der Waals surface area contributed by atoms with Gasteiger partial charge < -0.3 is 4.43 Å². The van der Waals surface area contributed by atoms with E-state index in [0.717, 1.165) is 11.9 Å². The quantitative estimate of drug-likeness (QED) is 0.314. The molecule has 0 amide bonds. The molecule has 0 aliphatic carbocycles. The Morgan fingerprint density at radius 3 is 2.00 bits per heavy atom. The molecule has 0 aromatic rings. The van der Waals surface area contributed by atoms with E-state index in [9.17, 15) is 0 Å². The monoisotopic (exact) mass is 294 g/mol. The summed E-state index contributed by atoms with van der Waals surface area (Å²) in [7, 11) is -1.29. The predicted molar refractivity (Wildman–Crippen MR) is 75.4 cm³/mol. The van der Waals surface area contributed by atoms with Gasteiger partial charge in [-0.3, -0.25) is 0 Å². The molecule has 0 heterocycles. The maximum atomic E-state index is 5.81. The van der Waals surface area contributed by atoms with Crippen molar-refractivity contribution in [2.24, 2.45) is 0 Å². The van der Waals surface area contributed by atoms with Crippen LogP contribution >= 0.6 is 15.9 Å². The fraction of sp³-hybridized carbons (Fsp3) is 1.00. The highest BCUT2D eigenvalue weighted by molar-refractivity contribution is 9.09. The number of halogens is 1. The molecule has 0 bridgehead atoms. The first-order chi connectivity index (χ1) is 7.12. The number of hydrogen-bond donors (Lipinski definition) is 0. The summed E-state index contributed by atoms with van der Waals surface area (Å²) < 4.78 is 5.81. The molecule has 92 valence electrons. The Morgan fingerprint density at radius 1 is 0.933 bits per heavy atom. The average Bonchev–Trinajstić information content (AvgIpc) is 2.16. The van der Waals surface area contributed by atoms with Gasteiger partial charge in [0.15, 0.2) is 8.32 Å². The molecule has 3 heteroatoms. The highest BCUT2D eigenvalue weighted by atomic mass is 79.9. The van der Waals surface area contributed by atoms with E-state index in [2.05, 4.69) is 35.9 Å². The van der Waals surface area contributed by atoms with Gasteiger partial charge >= 0.3 is 0 Å². The molecule has 0 saturated heterocycles. The predicted octanol–water partition coefficient (Wildman–Crippen LogP) is 4.96. The van der Waals surface area contributed by atoms with Crippen LogP contribution in [0.2, 0.25) is 19.1 Å². The van der Waals surface area contributed by atoms with Crippen LogP contribution < -0.4 is 0 Å². The lowest BCUT2D eigenvalue weighted by atomic mass is 10.1. The molecule has 0 spiro atoms. The Balaban J connectivity index is 3.22. The molecular weight excluding hydrogens is 268 g/mol. The van der Waals surface area contributed by atoms with Gasteiger partial charge in [-0.05, 0) is 32.5 Å². The summed E-state index contributed by atoms with van der Waals surface area (Å²) in [6, 6.07) is 1.33. The Labute approximate surface area is 105 Å². The Hall–Kier alpha value is 0.657. The van der Waals surface area contributed by atoms with Crippen molar-refractivity contribution < 1.29 is 4.43 Å². The third-order valence-electron chi connectivity index (χ3n) is 2.70. The van der Waals surface area contributed by atoms with E-state index in [1.165, 1.54) is 44.6 Å². The van der Waals surface area contributed by atoms with E-state index in [1.807, 2.05) is 0 Å². The SMILES string of the molecule is CCO[Si](C)(C)CCCCCCCCBr. The molecule has 0 fully saturated rings. The van der Waals surface area contributed by atoms with Crippen molar-refractivity contribution in [3.05, 3.63) is 0 Å². The summed E-state index contributed by atoms with van der Waals surface area (Å²) in [5.41, 5.74) is 0. The van der Waals surface area contributed by atoms with Crippen molar-refractivity contribution in [3.63, 3.8) is 0 Å². The number of rotatable bonds is 10. The zero-order valence-electron chi connectivity index (χ0n) is 10.7. The molecule has 0 aromatic carbocycles. The molecule has 0 atom stereocenters. The second kappa shape index (κ2) is 9.85. The standard InChI is InChI=1S/C12H27BrOSi/c1-4-14-15(2,3)12-10-8-6-5-7-9-11-13/h4-12H2,1-3H3. The molecule has 0 aliphatic rings. The third kappa shape index (κ3) is 10.9. The highest BCUT2D eigenvalue weighted by Gasteiger charge is 2.20. The van der Waals surface area contributed by atoms with Crippen LogP contribution in [0, 0.1) is 0 Å². The van der Waals surface area contributed by atoms with Crippen LogP contribution in [-0.2, 0) is 4.43 Å². The third-order valence-corrected chi connectivity index (χ3v) is 5.89. The first-order valence-electron chi connectivity index (χ1n) is 6.32. The minimum atomic E-state index is -1.29. The minimum Gasteiger partial charge on any atom is -0.418 e. The molecule has 0 aliphatic heterocycles. The normalized spacial score (nSPS) is 12.0. The molecule has 0 saturated carbocycles. The van der Waals surface area contributed by atoms with E-state index in [-0.39, 0.29) is 0 Å². The maximum Gasteiger partial charge on any atom is 0.186 e. The number of alkyl halides is 1. The Kier molecular flexibility index (Phi) is 10.3. The van der Waals surface area contributed by atoms with Gasteiger partial charge in [0.05, 0.1) is 0 Å². The van der Waals surface area contributed by atoms with E-state index in [1.54, 1.807) is 0 Å². The van der Waals surface area contributed by atoms with Gasteiger partial charge in [-0.15, -0.1) is 0 Å². The van der Waals surface area contributed by atoms with Crippen LogP contribution in [0.1, 0.15) is 45.4 Å². The van der Waals surface area contributed by atoms with Crippen molar-refractivity contribution in [2.75, 3.05) is 11.9 Å². The largest absolute Gasteiger partial charge is 0.418 e. The summed E-state index contributed by atoms with van der Waals surface area (Å²) >= 11 is 3.46. The molecule has 0 radical (unpaired) electrons. The van der Waals surface area contributed by atoms with Gasteiger partial charge in [0, 0.05) is 11.9 Å². The van der Waals surface area contributed by atoms with Crippen LogP contribution in [0.4, 0.5) is 0 Å². The smallest absolute Gasteiger partial charge is 0.186 e. The van der Waals surface area contributed by atoms with Crippen LogP contribution in [0.3, 0.4) is 0 Å². The van der Waals surface area contributed by atoms with Crippen LogP contribution in [0.5, 0.6) is 0 Å². The first kappa shape index (κ1) is 15.7. The van der Waals surface area contributed by atoms with E-state index >= 15 is 0 Å². The highest BCUT2D eigenvalue weighted by Crippen LogP contribution is 2.17. The van der Waals surface area contributed by atoms with Crippen molar-refractivity contribution in [3.8, 4) is 0 Å². The molecule has 0 aromatic heterocycles. The fourth-order valence-corrected chi connectivity index (χ4v) is 4.24. The topological polar surface area (TPSA) is 9.23 Å². The van der Waals surface area contributed by atoms with Gasteiger partial charge in [0.1, 0.15) is 0 Å². The number of unbranched alkanes of at least 4 members (excludes halogenated alkanes) is 5. The molecule has 0 N–H and O–H groups in total. The summed E-state index contributed by atoms with van der Waals surface area (Å²) in [4.78, 5) is 0. The van der Waals surface area contributed by atoms with Gasteiger partial charge in [-0.25, -0.2) is 0 Å². The van der Waals surface area contributed by atoms with E-state index in [4.69, 9.17) is 4.43 Å². The lowest BCUT2D eigenvalue weighted by Gasteiger charge is -2.21. The first-order valence-corrected chi connectivity index (χ1v) is 10.6. The zero-order valence-corrected chi connectivity index (χ0v) is 13.2. The van der Waals surface area contributed by atoms with Crippen molar-refractivity contribution in [2.45, 2.75) is 64.6 Å². The second-order valence-electron chi connectivity index (χ2n) is 4.75. The fourth-order valence-electron chi connectivity index (χ4n) is 1.82. The zero-order chi connectivity index (χ0) is 11.6. The molecule has 1 nitrogen and oxygen atoms in total. The van der Waals surface area contributed by atoms with Gasteiger partial charge in [-0.1, -0.05) is 48.0 Å². The van der Waals surface area contributed by atoms with Crippen LogP contribution in [0.25, 0.3) is 0 Å². The molecule has 0 unspecified atom stereocenters. The van der Waals surface area contributed by atoms with E-state index in [0.29, 0.717) is 0 Å². The average molecular weight is 295 g/mol. The molecule has 15 heavy (non-hydrogen) atoms. The van der Waals surface area contributed by atoms with Crippen molar-refractivity contribution in [1.29, 1.82) is 0 Å². The van der Waals surface area contributed by atoms with Crippen LogP contribution in [0.15, 0.2) is 0 Å². The lowest BCUT2D eigenvalue weighted by molar-refractivity contribution is 0.327. The summed E-state index contributed by atoms with van der Waals surface area (Å²) in [6.07, 6.45) is 8.29. The summed E-state index contributed by atoms with van der Waals surface area (Å²) in [6.45, 7) is 7.67. The lowest BCUT2D eigenvalue weighted by Crippen LogP contribution is -2.29. The Bertz CT molecular complexity index is 140. The van der Waals surface area contributed by atoms with E-state index < -0.39 is 8.32 Å². The minimum absolute atomic E-state index is 0.893. The maximum absolute atomic E-state index is 5.81.